The van der Waals surface area contributed by atoms with Crippen molar-refractivity contribution in [2.45, 2.75) is 19.4 Å². The molecule has 1 rings (SSSR count). The van der Waals surface area contributed by atoms with Crippen LogP contribution in [0.5, 0.6) is 0 Å². The van der Waals surface area contributed by atoms with Gasteiger partial charge in [-0.25, -0.2) is 0 Å². The van der Waals surface area contributed by atoms with Crippen LogP contribution in [0.1, 0.15) is 13.3 Å². The Kier molecular flexibility index (Phi) is 4.73. The third-order valence-electron chi connectivity index (χ3n) is 1.99. The molecule has 1 atom stereocenters. The number of nitrogens with one attached hydrogen (secondary N) is 2. The molecule has 68 valence electrons. The van der Waals surface area contributed by atoms with E-state index in [2.05, 4.69) is 28.9 Å². The molecule has 0 aromatic heterocycles. The van der Waals surface area contributed by atoms with Crippen molar-refractivity contribution < 1.29 is 0 Å². The Morgan fingerprint density at radius 2 is 2.25 bits per heavy atom. The summed E-state index contributed by atoms with van der Waals surface area (Å²) in [5.41, 5.74) is 0. The van der Waals surface area contributed by atoms with E-state index in [-0.39, 0.29) is 0 Å². The van der Waals surface area contributed by atoms with E-state index < -0.39 is 0 Å². The number of hydrogen-bond acceptors (Lipinski definition) is 2. The highest BCUT2D eigenvalue weighted by molar-refractivity contribution is 5.02. The lowest BCUT2D eigenvalue weighted by atomic mass is 10.1. The van der Waals surface area contributed by atoms with Gasteiger partial charge in [-0.05, 0) is 13.3 Å². The highest BCUT2D eigenvalue weighted by Crippen LogP contribution is 1.95. The highest BCUT2D eigenvalue weighted by Gasteiger charge is 2.08. The Bertz CT molecular complexity index is 155. The van der Waals surface area contributed by atoms with Gasteiger partial charge in [0, 0.05) is 25.7 Å². The normalized spacial score (nSPS) is 25.6. The summed E-state index contributed by atoms with van der Waals surface area (Å²) in [5.74, 6) is 0. The second-order valence-electron chi connectivity index (χ2n) is 3.04. The lowest BCUT2D eigenvalue weighted by molar-refractivity contribution is 0.421. The van der Waals surface area contributed by atoms with Gasteiger partial charge in [-0.3, -0.25) is 0 Å². The molecule has 1 unspecified atom stereocenters. The van der Waals surface area contributed by atoms with E-state index in [1.165, 1.54) is 0 Å². The molecule has 0 aliphatic carbocycles. The molecule has 2 heteroatoms. The van der Waals surface area contributed by atoms with Crippen molar-refractivity contribution in [2.24, 2.45) is 0 Å². The van der Waals surface area contributed by atoms with Gasteiger partial charge >= 0.3 is 0 Å². The third kappa shape index (κ3) is 3.69. The second kappa shape index (κ2) is 5.98. The summed E-state index contributed by atoms with van der Waals surface area (Å²) in [7, 11) is 0. The average Bonchev–Trinajstić information content (AvgIpc) is 2.14. The summed E-state index contributed by atoms with van der Waals surface area (Å²) in [6, 6.07) is 0.625. The largest absolute Gasteiger partial charge is 0.314 e. The zero-order valence-electron chi connectivity index (χ0n) is 7.72. The fourth-order valence-electron chi connectivity index (χ4n) is 1.31. The van der Waals surface area contributed by atoms with Crippen LogP contribution in [0.3, 0.4) is 0 Å². The molecule has 1 aliphatic heterocycles. The topological polar surface area (TPSA) is 24.1 Å². The Morgan fingerprint density at radius 1 is 1.33 bits per heavy atom. The molecule has 1 heterocycles. The number of rotatable bonds is 3. The predicted molar refractivity (Wildman–Crippen MR) is 53.2 cm³/mol. The molecule has 1 saturated heterocycles. The van der Waals surface area contributed by atoms with Crippen molar-refractivity contribution in [3.8, 4) is 0 Å². The number of hydrogen-bond donors (Lipinski definition) is 2. The van der Waals surface area contributed by atoms with Crippen molar-refractivity contribution in [1.82, 2.24) is 10.6 Å². The first-order valence-electron chi connectivity index (χ1n) is 4.65. The van der Waals surface area contributed by atoms with Gasteiger partial charge in [-0.15, -0.1) is 0 Å². The molecule has 12 heavy (non-hydrogen) atoms. The Hall–Kier alpha value is -0.600. The zero-order valence-corrected chi connectivity index (χ0v) is 7.72. The van der Waals surface area contributed by atoms with Crippen LogP contribution in [-0.4, -0.2) is 25.7 Å². The summed E-state index contributed by atoms with van der Waals surface area (Å²) >= 11 is 0. The molecule has 2 nitrogen and oxygen atoms in total. The fourth-order valence-corrected chi connectivity index (χ4v) is 1.31. The summed E-state index contributed by atoms with van der Waals surface area (Å²) in [6.45, 7) is 5.34. The van der Waals surface area contributed by atoms with E-state index in [0.717, 1.165) is 26.1 Å². The predicted octanol–water partition coefficient (Wildman–Crippen LogP) is 1.07. The van der Waals surface area contributed by atoms with Gasteiger partial charge in [0.2, 0.25) is 0 Å². The van der Waals surface area contributed by atoms with Gasteiger partial charge in [0.25, 0.3) is 0 Å². The van der Waals surface area contributed by atoms with Crippen molar-refractivity contribution >= 4 is 0 Å². The van der Waals surface area contributed by atoms with Gasteiger partial charge < -0.3 is 10.6 Å². The SMILES string of the molecule is CC=CC=CCC1CNCCN1. The van der Waals surface area contributed by atoms with E-state index in [0.29, 0.717) is 6.04 Å². The van der Waals surface area contributed by atoms with Crippen LogP contribution < -0.4 is 10.6 Å². The lowest BCUT2D eigenvalue weighted by Gasteiger charge is -2.23. The minimum Gasteiger partial charge on any atom is -0.314 e. The molecule has 1 aliphatic rings. The highest BCUT2D eigenvalue weighted by atomic mass is 15.0. The van der Waals surface area contributed by atoms with Gasteiger partial charge in [0.05, 0.1) is 0 Å². The zero-order chi connectivity index (χ0) is 8.65. The number of allylic oxidation sites excluding steroid dienone is 3. The summed E-state index contributed by atoms with van der Waals surface area (Å²) < 4.78 is 0. The molecule has 0 aromatic rings. The summed E-state index contributed by atoms with van der Waals surface area (Å²) in [5, 5.41) is 6.82. The van der Waals surface area contributed by atoms with Crippen LogP contribution in [0.2, 0.25) is 0 Å². The van der Waals surface area contributed by atoms with E-state index in [1.807, 2.05) is 13.0 Å². The van der Waals surface area contributed by atoms with Crippen molar-refractivity contribution in [3.63, 3.8) is 0 Å². The van der Waals surface area contributed by atoms with Crippen LogP contribution in [0.4, 0.5) is 0 Å². The fraction of sp³-hybridized carbons (Fsp3) is 0.600. The quantitative estimate of drug-likeness (QED) is 0.613. The maximum absolute atomic E-state index is 3.46. The molecule has 0 aromatic carbocycles. The first-order chi connectivity index (χ1) is 5.93. The van der Waals surface area contributed by atoms with E-state index in [9.17, 15) is 0 Å². The van der Waals surface area contributed by atoms with Crippen molar-refractivity contribution in [1.29, 1.82) is 0 Å². The smallest absolute Gasteiger partial charge is 0.0227 e. The van der Waals surface area contributed by atoms with E-state index >= 15 is 0 Å². The monoisotopic (exact) mass is 166 g/mol. The molecular formula is C10H18N2. The molecule has 0 radical (unpaired) electrons. The summed E-state index contributed by atoms with van der Waals surface area (Å²) in [4.78, 5) is 0. The van der Waals surface area contributed by atoms with Crippen LogP contribution in [0.25, 0.3) is 0 Å². The minimum absolute atomic E-state index is 0.625. The standard InChI is InChI=1S/C10H18N2/c1-2-3-4-5-6-10-9-11-7-8-12-10/h2-5,10-12H,6-9H2,1H3. The average molecular weight is 166 g/mol. The van der Waals surface area contributed by atoms with E-state index in [1.54, 1.807) is 0 Å². The molecule has 0 bridgehead atoms. The maximum Gasteiger partial charge on any atom is 0.0227 e. The van der Waals surface area contributed by atoms with Gasteiger partial charge in [0.1, 0.15) is 0 Å². The van der Waals surface area contributed by atoms with Gasteiger partial charge in [-0.2, -0.15) is 0 Å². The molecule has 0 saturated carbocycles. The Morgan fingerprint density at radius 3 is 2.92 bits per heavy atom. The lowest BCUT2D eigenvalue weighted by Crippen LogP contribution is -2.47. The molecule has 2 N–H and O–H groups in total. The molecular weight excluding hydrogens is 148 g/mol. The first kappa shape index (κ1) is 9.49. The summed E-state index contributed by atoms with van der Waals surface area (Å²) in [6.07, 6.45) is 9.55. The minimum atomic E-state index is 0.625. The van der Waals surface area contributed by atoms with Crippen LogP contribution in [-0.2, 0) is 0 Å². The van der Waals surface area contributed by atoms with Crippen LogP contribution >= 0.6 is 0 Å². The third-order valence-corrected chi connectivity index (χ3v) is 1.99. The Balaban J connectivity index is 2.12. The number of piperazine rings is 1. The van der Waals surface area contributed by atoms with E-state index in [4.69, 9.17) is 0 Å². The van der Waals surface area contributed by atoms with Gasteiger partial charge in [0.15, 0.2) is 0 Å². The van der Waals surface area contributed by atoms with Crippen LogP contribution in [0.15, 0.2) is 24.3 Å². The maximum atomic E-state index is 3.46. The first-order valence-corrected chi connectivity index (χ1v) is 4.65. The van der Waals surface area contributed by atoms with Crippen molar-refractivity contribution in [3.05, 3.63) is 24.3 Å². The molecule has 0 amide bonds. The Labute approximate surface area is 74.7 Å². The second-order valence-corrected chi connectivity index (χ2v) is 3.04. The van der Waals surface area contributed by atoms with Crippen molar-refractivity contribution in [2.75, 3.05) is 19.6 Å². The van der Waals surface area contributed by atoms with Crippen LogP contribution in [0, 0.1) is 0 Å². The molecule has 1 fully saturated rings. The van der Waals surface area contributed by atoms with Gasteiger partial charge in [-0.1, -0.05) is 24.3 Å². The molecule has 0 spiro atoms.